The molecule has 102 valence electrons. The van der Waals surface area contributed by atoms with Gasteiger partial charge in [-0.1, -0.05) is 6.92 Å². The van der Waals surface area contributed by atoms with Crippen LogP contribution in [0.1, 0.15) is 31.9 Å². The summed E-state index contributed by atoms with van der Waals surface area (Å²) < 4.78 is 7.70. The van der Waals surface area contributed by atoms with Gasteiger partial charge in [0.15, 0.2) is 0 Å². The lowest BCUT2D eigenvalue weighted by atomic mass is 10.4. The third kappa shape index (κ3) is 2.96. The summed E-state index contributed by atoms with van der Waals surface area (Å²) in [6.07, 6.45) is 3.68. The Bertz CT molecular complexity index is 398. The van der Waals surface area contributed by atoms with E-state index in [0.29, 0.717) is 12.3 Å². The van der Waals surface area contributed by atoms with E-state index in [1.165, 1.54) is 12.8 Å². The predicted molar refractivity (Wildman–Crippen MR) is 72.8 cm³/mol. The minimum Gasteiger partial charge on any atom is -0.475 e. The third-order valence-electron chi connectivity index (χ3n) is 3.41. The van der Waals surface area contributed by atoms with Crippen molar-refractivity contribution in [3.63, 3.8) is 0 Å². The minimum absolute atomic E-state index is 0.673. The van der Waals surface area contributed by atoms with Gasteiger partial charge in [-0.3, -0.25) is 0 Å². The standard InChI is InChI=1S/C13H24N4O/c1-4-7-17-13(12(14)10(2)15-17)18-9-8-16(3)11-5-6-11/h11H,4-9,14H2,1-3H3. The molecule has 5 nitrogen and oxygen atoms in total. The molecule has 5 heteroatoms. The van der Waals surface area contributed by atoms with Crippen LogP contribution in [0.4, 0.5) is 5.69 Å². The van der Waals surface area contributed by atoms with E-state index >= 15 is 0 Å². The first-order valence-electron chi connectivity index (χ1n) is 6.79. The molecule has 1 aromatic rings. The fourth-order valence-corrected chi connectivity index (χ4v) is 2.07. The van der Waals surface area contributed by atoms with Crippen molar-refractivity contribution in [2.24, 2.45) is 0 Å². The summed E-state index contributed by atoms with van der Waals surface area (Å²) in [5.74, 6) is 0.735. The van der Waals surface area contributed by atoms with Gasteiger partial charge in [0.05, 0.1) is 5.69 Å². The van der Waals surface area contributed by atoms with E-state index in [9.17, 15) is 0 Å². The molecule has 18 heavy (non-hydrogen) atoms. The molecule has 0 atom stereocenters. The lowest BCUT2D eigenvalue weighted by Crippen LogP contribution is -2.26. The topological polar surface area (TPSA) is 56.3 Å². The molecule has 1 aromatic heterocycles. The monoisotopic (exact) mass is 252 g/mol. The van der Waals surface area contributed by atoms with Crippen molar-refractivity contribution in [1.29, 1.82) is 0 Å². The Kier molecular flexibility index (Phi) is 4.11. The smallest absolute Gasteiger partial charge is 0.236 e. The van der Waals surface area contributed by atoms with Crippen LogP contribution in [-0.2, 0) is 6.54 Å². The van der Waals surface area contributed by atoms with Crippen LogP contribution < -0.4 is 10.5 Å². The highest BCUT2D eigenvalue weighted by atomic mass is 16.5. The average molecular weight is 252 g/mol. The van der Waals surface area contributed by atoms with Gasteiger partial charge < -0.3 is 15.4 Å². The molecule has 0 spiro atoms. The zero-order valence-corrected chi connectivity index (χ0v) is 11.6. The molecule has 0 saturated heterocycles. The zero-order chi connectivity index (χ0) is 13.1. The van der Waals surface area contributed by atoms with E-state index in [1.54, 1.807) is 0 Å². The summed E-state index contributed by atoms with van der Waals surface area (Å²) in [6.45, 7) is 6.51. The predicted octanol–water partition coefficient (Wildman–Crippen LogP) is 1.66. The number of aromatic nitrogens is 2. The van der Waals surface area contributed by atoms with Gasteiger partial charge in [-0.2, -0.15) is 5.10 Å². The molecule has 1 heterocycles. The summed E-state index contributed by atoms with van der Waals surface area (Å²) in [6, 6.07) is 0.772. The highest BCUT2D eigenvalue weighted by Crippen LogP contribution is 2.26. The summed E-state index contributed by atoms with van der Waals surface area (Å²) in [5.41, 5.74) is 7.53. The van der Waals surface area contributed by atoms with Crippen molar-refractivity contribution in [3.8, 4) is 5.88 Å². The summed E-state index contributed by atoms with van der Waals surface area (Å²) in [7, 11) is 2.15. The molecule has 0 aromatic carbocycles. The molecule has 0 aliphatic heterocycles. The highest BCUT2D eigenvalue weighted by molar-refractivity contribution is 5.52. The third-order valence-corrected chi connectivity index (χ3v) is 3.41. The number of nitrogen functional groups attached to an aromatic ring is 1. The fraction of sp³-hybridized carbons (Fsp3) is 0.769. The molecule has 0 radical (unpaired) electrons. The van der Waals surface area contributed by atoms with E-state index in [2.05, 4.69) is 24.0 Å². The normalized spacial score (nSPS) is 15.3. The van der Waals surface area contributed by atoms with E-state index in [-0.39, 0.29) is 0 Å². The molecule has 0 unspecified atom stereocenters. The Balaban J connectivity index is 1.90. The highest BCUT2D eigenvalue weighted by Gasteiger charge is 2.25. The second-order valence-corrected chi connectivity index (χ2v) is 5.09. The van der Waals surface area contributed by atoms with Crippen molar-refractivity contribution in [2.45, 2.75) is 45.7 Å². The molecule has 0 amide bonds. The lowest BCUT2D eigenvalue weighted by Gasteiger charge is -2.16. The average Bonchev–Trinajstić information content (AvgIpc) is 3.13. The molecule has 1 aliphatic carbocycles. The van der Waals surface area contributed by atoms with Gasteiger partial charge in [-0.15, -0.1) is 0 Å². The first-order valence-corrected chi connectivity index (χ1v) is 6.79. The summed E-state index contributed by atoms with van der Waals surface area (Å²) >= 11 is 0. The van der Waals surface area contributed by atoms with Gasteiger partial charge in [0.2, 0.25) is 5.88 Å². The van der Waals surface area contributed by atoms with Gasteiger partial charge >= 0.3 is 0 Å². The molecular formula is C13H24N4O. The van der Waals surface area contributed by atoms with Gasteiger partial charge in [0.25, 0.3) is 0 Å². The number of aryl methyl sites for hydroxylation is 2. The van der Waals surface area contributed by atoms with Crippen LogP contribution in [0, 0.1) is 6.92 Å². The van der Waals surface area contributed by atoms with E-state index in [0.717, 1.165) is 37.1 Å². The second kappa shape index (κ2) is 5.61. The van der Waals surface area contributed by atoms with E-state index < -0.39 is 0 Å². The van der Waals surface area contributed by atoms with Crippen molar-refractivity contribution in [2.75, 3.05) is 25.9 Å². The Morgan fingerprint density at radius 1 is 1.50 bits per heavy atom. The molecular weight excluding hydrogens is 228 g/mol. The molecule has 0 bridgehead atoms. The molecule has 1 aliphatic rings. The Morgan fingerprint density at radius 3 is 2.83 bits per heavy atom. The number of hydrogen-bond acceptors (Lipinski definition) is 4. The number of nitrogens with zero attached hydrogens (tertiary/aromatic N) is 3. The van der Waals surface area contributed by atoms with Crippen molar-refractivity contribution in [1.82, 2.24) is 14.7 Å². The lowest BCUT2D eigenvalue weighted by molar-refractivity contribution is 0.218. The second-order valence-electron chi connectivity index (χ2n) is 5.09. The maximum Gasteiger partial charge on any atom is 0.236 e. The first kappa shape index (κ1) is 13.2. The van der Waals surface area contributed by atoms with Crippen LogP contribution in [0.3, 0.4) is 0 Å². The van der Waals surface area contributed by atoms with Crippen LogP contribution in [0.2, 0.25) is 0 Å². The summed E-state index contributed by atoms with van der Waals surface area (Å²) in [4.78, 5) is 2.35. The van der Waals surface area contributed by atoms with Gasteiger partial charge in [-0.25, -0.2) is 4.68 Å². The molecule has 1 saturated carbocycles. The summed E-state index contributed by atoms with van der Waals surface area (Å²) in [5, 5.41) is 4.40. The van der Waals surface area contributed by atoms with Crippen molar-refractivity contribution in [3.05, 3.63) is 5.69 Å². The Labute approximate surface area is 109 Å². The van der Waals surface area contributed by atoms with Gasteiger partial charge in [0.1, 0.15) is 12.3 Å². The molecule has 2 rings (SSSR count). The van der Waals surface area contributed by atoms with Crippen molar-refractivity contribution >= 4 is 5.69 Å². The number of nitrogens with two attached hydrogens (primary N) is 1. The molecule has 1 fully saturated rings. The largest absolute Gasteiger partial charge is 0.475 e. The van der Waals surface area contributed by atoms with Crippen LogP contribution in [0.15, 0.2) is 0 Å². The van der Waals surface area contributed by atoms with Crippen LogP contribution in [-0.4, -0.2) is 40.9 Å². The maximum atomic E-state index is 6.00. The molecule has 2 N–H and O–H groups in total. The fourth-order valence-electron chi connectivity index (χ4n) is 2.07. The number of hydrogen-bond donors (Lipinski definition) is 1. The Hall–Kier alpha value is -1.23. The maximum absolute atomic E-state index is 6.00. The van der Waals surface area contributed by atoms with Gasteiger partial charge in [0, 0.05) is 19.1 Å². The van der Waals surface area contributed by atoms with Crippen LogP contribution in [0.25, 0.3) is 0 Å². The number of likely N-dealkylation sites (N-methyl/N-ethyl adjacent to an activating group) is 1. The number of rotatable bonds is 7. The first-order chi connectivity index (χ1) is 8.63. The zero-order valence-electron chi connectivity index (χ0n) is 11.6. The van der Waals surface area contributed by atoms with Gasteiger partial charge in [-0.05, 0) is 33.2 Å². The number of ether oxygens (including phenoxy) is 1. The Morgan fingerprint density at radius 2 is 2.22 bits per heavy atom. The van der Waals surface area contributed by atoms with E-state index in [1.807, 2.05) is 11.6 Å². The SMILES string of the molecule is CCCn1nc(C)c(N)c1OCCN(C)C1CC1. The van der Waals surface area contributed by atoms with E-state index in [4.69, 9.17) is 10.5 Å². The quantitative estimate of drug-likeness (QED) is 0.802. The minimum atomic E-state index is 0.673. The van der Waals surface area contributed by atoms with Crippen molar-refractivity contribution < 1.29 is 4.74 Å². The van der Waals surface area contributed by atoms with Crippen LogP contribution >= 0.6 is 0 Å². The number of anilines is 1. The van der Waals surface area contributed by atoms with Crippen LogP contribution in [0.5, 0.6) is 5.88 Å².